The van der Waals surface area contributed by atoms with E-state index in [2.05, 4.69) is 0 Å². The van der Waals surface area contributed by atoms with E-state index in [1.165, 1.54) is 6.21 Å². The van der Waals surface area contributed by atoms with Gasteiger partial charge in [-0.25, -0.2) is 0 Å². The second-order valence-electron chi connectivity index (χ2n) is 2.50. The number of hydrogen-bond acceptors (Lipinski definition) is 3. The Hall–Kier alpha value is -1.71. The standard InChI is InChI=1S/C9H12N2O2/c1-12-8-3-6(5-10)7(11)4-9(8)13-2/h3-5,10H,11H2,1-2H3/p+1. The summed E-state index contributed by atoms with van der Waals surface area (Å²) in [6, 6.07) is 3.41. The van der Waals surface area contributed by atoms with Gasteiger partial charge in [-0.05, 0) is 6.07 Å². The van der Waals surface area contributed by atoms with Crippen molar-refractivity contribution in [3.8, 4) is 11.5 Å². The Bertz CT molecular complexity index is 324. The summed E-state index contributed by atoms with van der Waals surface area (Å²) in [5, 5.41) is 5.36. The topological polar surface area (TPSA) is 70.1 Å². The van der Waals surface area contributed by atoms with Crippen LogP contribution in [0.5, 0.6) is 11.5 Å². The van der Waals surface area contributed by atoms with Crippen LogP contribution >= 0.6 is 0 Å². The molecule has 13 heavy (non-hydrogen) atoms. The number of methoxy groups -OCH3 is 2. The zero-order chi connectivity index (χ0) is 9.84. The highest BCUT2D eigenvalue weighted by Gasteiger charge is 2.08. The largest absolute Gasteiger partial charge is 0.493 e. The molecule has 0 unspecified atom stereocenters. The maximum absolute atomic E-state index is 5.68. The van der Waals surface area contributed by atoms with E-state index in [9.17, 15) is 0 Å². The van der Waals surface area contributed by atoms with E-state index in [1.807, 2.05) is 0 Å². The number of hydrogen-bond donors (Lipinski definition) is 2. The summed E-state index contributed by atoms with van der Waals surface area (Å²) in [6.07, 6.45) is 1.43. The zero-order valence-corrected chi connectivity index (χ0v) is 7.70. The van der Waals surface area contributed by atoms with Crippen molar-refractivity contribution in [3.05, 3.63) is 17.7 Å². The van der Waals surface area contributed by atoms with Crippen LogP contribution < -0.4 is 20.6 Å². The number of nitrogens with two attached hydrogens (primary N) is 2. The molecule has 4 nitrogen and oxygen atoms in total. The molecule has 1 aromatic rings. The molecule has 0 aliphatic carbocycles. The van der Waals surface area contributed by atoms with Crippen LogP contribution in [-0.2, 0) is 0 Å². The Balaban J connectivity index is 3.26. The van der Waals surface area contributed by atoms with Gasteiger partial charge in [-0.15, -0.1) is 0 Å². The van der Waals surface area contributed by atoms with Crippen molar-refractivity contribution in [2.24, 2.45) is 0 Å². The lowest BCUT2D eigenvalue weighted by Crippen LogP contribution is -2.30. The summed E-state index contributed by atoms with van der Waals surface area (Å²) >= 11 is 0. The molecule has 4 N–H and O–H groups in total. The fourth-order valence-electron chi connectivity index (χ4n) is 1.05. The highest BCUT2D eigenvalue weighted by molar-refractivity contribution is 5.85. The highest BCUT2D eigenvalue weighted by atomic mass is 16.5. The molecule has 0 bridgehead atoms. The van der Waals surface area contributed by atoms with Crippen LogP contribution in [0.1, 0.15) is 5.56 Å². The second-order valence-corrected chi connectivity index (χ2v) is 2.50. The van der Waals surface area contributed by atoms with Gasteiger partial charge < -0.3 is 15.2 Å². The van der Waals surface area contributed by atoms with Crippen molar-refractivity contribution in [2.75, 3.05) is 20.0 Å². The molecule has 1 rings (SSSR count). The van der Waals surface area contributed by atoms with E-state index in [-0.39, 0.29) is 0 Å². The molecular weight excluding hydrogens is 168 g/mol. The highest BCUT2D eigenvalue weighted by Crippen LogP contribution is 2.30. The third kappa shape index (κ3) is 1.72. The minimum Gasteiger partial charge on any atom is -0.493 e. The second kappa shape index (κ2) is 3.80. The van der Waals surface area contributed by atoms with Gasteiger partial charge in [0.1, 0.15) is 0 Å². The molecule has 0 aliphatic heterocycles. The first kappa shape index (κ1) is 9.38. The van der Waals surface area contributed by atoms with Crippen LogP contribution in [0, 0.1) is 0 Å². The summed E-state index contributed by atoms with van der Waals surface area (Å²) in [5.74, 6) is 1.22. The molecule has 0 saturated heterocycles. The zero-order valence-electron chi connectivity index (χ0n) is 7.70. The van der Waals surface area contributed by atoms with E-state index in [0.29, 0.717) is 17.2 Å². The minimum atomic E-state index is 0.570. The number of benzene rings is 1. The number of nitrogen functional groups attached to an aromatic ring is 1. The van der Waals surface area contributed by atoms with Crippen molar-refractivity contribution in [1.82, 2.24) is 0 Å². The molecule has 0 radical (unpaired) electrons. The Morgan fingerprint density at radius 3 is 2.23 bits per heavy atom. The SMILES string of the molecule is COc1cc(N)c(C=[NH2+])cc1OC. The first-order valence-electron chi connectivity index (χ1n) is 3.79. The maximum atomic E-state index is 5.68. The molecule has 0 atom stereocenters. The first-order chi connectivity index (χ1) is 6.22. The van der Waals surface area contributed by atoms with Gasteiger partial charge in [0, 0.05) is 11.8 Å². The monoisotopic (exact) mass is 181 g/mol. The lowest BCUT2D eigenvalue weighted by atomic mass is 10.1. The predicted molar refractivity (Wildman–Crippen MR) is 51.0 cm³/mol. The van der Waals surface area contributed by atoms with Gasteiger partial charge in [0.2, 0.25) is 0 Å². The third-order valence-corrected chi connectivity index (χ3v) is 1.77. The summed E-state index contributed by atoms with van der Waals surface area (Å²) in [7, 11) is 3.12. The average Bonchev–Trinajstić information content (AvgIpc) is 2.17. The first-order valence-corrected chi connectivity index (χ1v) is 3.79. The van der Waals surface area contributed by atoms with Crippen LogP contribution in [-0.4, -0.2) is 20.4 Å². The van der Waals surface area contributed by atoms with Crippen molar-refractivity contribution in [2.45, 2.75) is 0 Å². The molecule has 0 amide bonds. The van der Waals surface area contributed by atoms with E-state index in [4.69, 9.17) is 20.6 Å². The number of ether oxygens (including phenoxy) is 2. The lowest BCUT2D eigenvalue weighted by molar-refractivity contribution is -0.104. The summed E-state index contributed by atoms with van der Waals surface area (Å²) in [6.45, 7) is 0. The van der Waals surface area contributed by atoms with Crippen LogP contribution in [0.25, 0.3) is 0 Å². The van der Waals surface area contributed by atoms with Crippen molar-refractivity contribution in [1.29, 1.82) is 0 Å². The van der Waals surface area contributed by atoms with Gasteiger partial charge >= 0.3 is 0 Å². The molecule has 1 aromatic carbocycles. The van der Waals surface area contributed by atoms with Gasteiger partial charge in [0.25, 0.3) is 0 Å². The molecule has 4 heteroatoms. The molecule has 0 aliphatic rings. The van der Waals surface area contributed by atoms with E-state index in [1.54, 1.807) is 26.4 Å². The van der Waals surface area contributed by atoms with E-state index < -0.39 is 0 Å². The Kier molecular flexibility index (Phi) is 2.74. The van der Waals surface area contributed by atoms with Crippen LogP contribution in [0.3, 0.4) is 0 Å². The molecule has 0 aromatic heterocycles. The normalized spacial score (nSPS) is 9.38. The molecule has 0 spiro atoms. The quantitative estimate of drug-likeness (QED) is 0.486. The fourth-order valence-corrected chi connectivity index (χ4v) is 1.05. The van der Waals surface area contributed by atoms with Crippen molar-refractivity contribution in [3.63, 3.8) is 0 Å². The van der Waals surface area contributed by atoms with E-state index >= 15 is 0 Å². The smallest absolute Gasteiger partial charge is 0.169 e. The van der Waals surface area contributed by atoms with Gasteiger partial charge in [-0.1, -0.05) is 0 Å². The Labute approximate surface area is 76.8 Å². The molecule has 70 valence electrons. The van der Waals surface area contributed by atoms with Crippen LogP contribution in [0.15, 0.2) is 12.1 Å². The summed E-state index contributed by atoms with van der Waals surface area (Å²) < 4.78 is 10.1. The van der Waals surface area contributed by atoms with Gasteiger partial charge in [0.15, 0.2) is 17.7 Å². The van der Waals surface area contributed by atoms with Crippen molar-refractivity contribution < 1.29 is 14.9 Å². The summed E-state index contributed by atoms with van der Waals surface area (Å²) in [4.78, 5) is 0. The van der Waals surface area contributed by atoms with Crippen molar-refractivity contribution >= 4 is 11.9 Å². The maximum Gasteiger partial charge on any atom is 0.169 e. The van der Waals surface area contributed by atoms with E-state index in [0.717, 1.165) is 5.56 Å². The third-order valence-electron chi connectivity index (χ3n) is 1.77. The Morgan fingerprint density at radius 2 is 1.77 bits per heavy atom. The number of anilines is 1. The molecule has 0 fully saturated rings. The molecule has 0 heterocycles. The van der Waals surface area contributed by atoms with Crippen LogP contribution in [0.4, 0.5) is 5.69 Å². The predicted octanol–water partition coefficient (Wildman–Crippen LogP) is -0.536. The summed E-state index contributed by atoms with van der Waals surface area (Å²) in [5.41, 5.74) is 6.99. The molecule has 0 saturated carbocycles. The average molecular weight is 181 g/mol. The van der Waals surface area contributed by atoms with Gasteiger partial charge in [0.05, 0.1) is 19.8 Å². The minimum absolute atomic E-state index is 0.570. The lowest BCUT2D eigenvalue weighted by Gasteiger charge is -2.08. The van der Waals surface area contributed by atoms with Gasteiger partial charge in [-0.2, -0.15) is 0 Å². The van der Waals surface area contributed by atoms with Crippen LogP contribution in [0.2, 0.25) is 0 Å². The molecular formula is C9H13N2O2+. The Morgan fingerprint density at radius 1 is 1.23 bits per heavy atom. The van der Waals surface area contributed by atoms with Gasteiger partial charge in [-0.3, -0.25) is 5.41 Å². The number of rotatable bonds is 3. The fraction of sp³-hybridized carbons (Fsp3) is 0.222.